The summed E-state index contributed by atoms with van der Waals surface area (Å²) in [4.78, 5) is 10.4. The van der Waals surface area contributed by atoms with Crippen molar-refractivity contribution in [2.45, 2.75) is 46.1 Å². The second kappa shape index (κ2) is 5.53. The first-order chi connectivity index (χ1) is 7.39. The molecule has 94 valence electrons. The first kappa shape index (κ1) is 13.3. The quantitative estimate of drug-likeness (QED) is 0.722. The van der Waals surface area contributed by atoms with Crippen molar-refractivity contribution < 1.29 is 9.53 Å². The van der Waals surface area contributed by atoms with E-state index in [2.05, 4.69) is 30.8 Å². The number of nitrogens with one attached hydrogen (secondary N) is 1. The van der Waals surface area contributed by atoms with Gasteiger partial charge in [-0.1, -0.05) is 20.8 Å². The average Bonchev–Trinajstić information content (AvgIpc) is 2.08. The van der Waals surface area contributed by atoms with Crippen LogP contribution in [-0.2, 0) is 4.74 Å². The highest BCUT2D eigenvalue weighted by atomic mass is 16.5. The Labute approximate surface area is 97.9 Å². The fourth-order valence-corrected chi connectivity index (χ4v) is 2.92. The van der Waals surface area contributed by atoms with E-state index in [9.17, 15) is 4.79 Å². The molecule has 0 aromatic carbocycles. The van der Waals surface area contributed by atoms with E-state index in [-0.39, 0.29) is 0 Å². The molecule has 0 radical (unpaired) electrons. The lowest BCUT2D eigenvalue weighted by atomic mass is 9.70. The number of hydrogen-bond acceptors (Lipinski definition) is 3. The minimum atomic E-state index is -0.695. The number of carbonyl (C=O) groups is 1. The molecule has 1 aliphatic carbocycles. The van der Waals surface area contributed by atoms with Crippen LogP contribution in [-0.4, -0.2) is 25.3 Å². The van der Waals surface area contributed by atoms with E-state index >= 15 is 0 Å². The smallest absolute Gasteiger partial charge is 0.404 e. The van der Waals surface area contributed by atoms with E-state index < -0.39 is 6.09 Å². The molecular weight excluding hydrogens is 204 g/mol. The Bertz CT molecular complexity index is 241. The van der Waals surface area contributed by atoms with E-state index in [1.807, 2.05) is 0 Å². The van der Waals surface area contributed by atoms with Crippen LogP contribution in [0.1, 0.15) is 40.0 Å². The highest BCUT2D eigenvalue weighted by molar-refractivity contribution is 5.64. The molecule has 0 aromatic rings. The molecule has 0 aliphatic heterocycles. The minimum Gasteiger partial charge on any atom is -0.448 e. The summed E-state index contributed by atoms with van der Waals surface area (Å²) < 4.78 is 4.69. The topological polar surface area (TPSA) is 64.3 Å². The van der Waals surface area contributed by atoms with Crippen molar-refractivity contribution >= 4 is 6.09 Å². The Balaban J connectivity index is 2.23. The Kier molecular flexibility index (Phi) is 4.59. The summed E-state index contributed by atoms with van der Waals surface area (Å²) in [6.45, 7) is 7.99. The van der Waals surface area contributed by atoms with E-state index in [4.69, 9.17) is 5.73 Å². The summed E-state index contributed by atoms with van der Waals surface area (Å²) in [5.41, 5.74) is 5.30. The summed E-state index contributed by atoms with van der Waals surface area (Å²) >= 11 is 0. The maximum Gasteiger partial charge on any atom is 0.404 e. The van der Waals surface area contributed by atoms with Crippen LogP contribution in [0.3, 0.4) is 0 Å². The number of primary amides is 1. The zero-order valence-corrected chi connectivity index (χ0v) is 10.6. The summed E-state index contributed by atoms with van der Waals surface area (Å²) in [6.07, 6.45) is 3.00. The normalized spacial score (nSPS) is 28.7. The molecule has 0 aromatic heterocycles. The highest BCUT2D eigenvalue weighted by Gasteiger charge is 2.31. The Morgan fingerprint density at radius 2 is 2.19 bits per heavy atom. The number of hydrogen-bond donors (Lipinski definition) is 2. The zero-order valence-electron chi connectivity index (χ0n) is 10.6. The molecule has 1 saturated carbocycles. The third-order valence-electron chi connectivity index (χ3n) is 3.17. The Hall–Kier alpha value is -0.770. The summed E-state index contributed by atoms with van der Waals surface area (Å²) in [6, 6.07) is 0.537. The fourth-order valence-electron chi connectivity index (χ4n) is 2.92. The van der Waals surface area contributed by atoms with Gasteiger partial charge >= 0.3 is 6.09 Å². The van der Waals surface area contributed by atoms with E-state index in [1.165, 1.54) is 19.3 Å². The van der Waals surface area contributed by atoms with Gasteiger partial charge in [0.05, 0.1) is 0 Å². The predicted octanol–water partition coefficient (Wildman–Crippen LogP) is 1.89. The van der Waals surface area contributed by atoms with Crippen molar-refractivity contribution in [2.24, 2.45) is 17.1 Å². The Morgan fingerprint density at radius 1 is 1.50 bits per heavy atom. The van der Waals surface area contributed by atoms with Crippen molar-refractivity contribution in [3.63, 3.8) is 0 Å². The van der Waals surface area contributed by atoms with Gasteiger partial charge in [-0.2, -0.15) is 0 Å². The van der Waals surface area contributed by atoms with Crippen molar-refractivity contribution in [2.75, 3.05) is 13.2 Å². The lowest BCUT2D eigenvalue weighted by Crippen LogP contribution is -2.41. The van der Waals surface area contributed by atoms with Crippen LogP contribution in [0.2, 0.25) is 0 Å². The highest BCUT2D eigenvalue weighted by Crippen LogP contribution is 2.38. The number of nitrogens with two attached hydrogens (primary N) is 1. The van der Waals surface area contributed by atoms with Gasteiger partial charge in [0.15, 0.2) is 0 Å². The van der Waals surface area contributed by atoms with Crippen molar-refractivity contribution in [1.82, 2.24) is 5.32 Å². The first-order valence-electron chi connectivity index (χ1n) is 6.05. The third kappa shape index (κ3) is 4.84. The predicted molar refractivity (Wildman–Crippen MR) is 64.1 cm³/mol. The van der Waals surface area contributed by atoms with Crippen LogP contribution >= 0.6 is 0 Å². The Morgan fingerprint density at radius 3 is 2.75 bits per heavy atom. The number of rotatable bonds is 4. The number of amides is 1. The van der Waals surface area contributed by atoms with Gasteiger partial charge in [0.2, 0.25) is 0 Å². The monoisotopic (exact) mass is 228 g/mol. The molecule has 1 fully saturated rings. The molecule has 3 N–H and O–H groups in total. The summed E-state index contributed by atoms with van der Waals surface area (Å²) in [5.74, 6) is 0.762. The largest absolute Gasteiger partial charge is 0.448 e. The summed E-state index contributed by atoms with van der Waals surface area (Å²) in [7, 11) is 0. The minimum absolute atomic E-state index is 0.362. The molecule has 0 spiro atoms. The van der Waals surface area contributed by atoms with Crippen LogP contribution in [0.15, 0.2) is 0 Å². The van der Waals surface area contributed by atoms with Crippen molar-refractivity contribution in [1.29, 1.82) is 0 Å². The second-order valence-electron chi connectivity index (χ2n) is 5.73. The van der Waals surface area contributed by atoms with E-state index in [1.54, 1.807) is 0 Å². The maximum absolute atomic E-state index is 10.4. The van der Waals surface area contributed by atoms with Gasteiger partial charge in [0.25, 0.3) is 0 Å². The van der Waals surface area contributed by atoms with Gasteiger partial charge < -0.3 is 15.8 Å². The standard InChI is InChI=1S/C12H24N2O2/c1-9-6-10(8-12(2,3)7-9)14-4-5-16-11(13)15/h9-10,14H,4-8H2,1-3H3,(H2,13,15). The van der Waals surface area contributed by atoms with Gasteiger partial charge in [-0.3, -0.25) is 0 Å². The van der Waals surface area contributed by atoms with Gasteiger partial charge in [-0.05, 0) is 30.6 Å². The molecule has 4 nitrogen and oxygen atoms in total. The van der Waals surface area contributed by atoms with Gasteiger partial charge in [0, 0.05) is 12.6 Å². The first-order valence-corrected chi connectivity index (χ1v) is 6.05. The lowest BCUT2D eigenvalue weighted by Gasteiger charge is -2.39. The van der Waals surface area contributed by atoms with Crippen LogP contribution in [0.25, 0.3) is 0 Å². The van der Waals surface area contributed by atoms with E-state index in [0.717, 1.165) is 5.92 Å². The fraction of sp³-hybridized carbons (Fsp3) is 0.917. The van der Waals surface area contributed by atoms with Gasteiger partial charge in [-0.15, -0.1) is 0 Å². The van der Waals surface area contributed by atoms with Crippen LogP contribution in [0.5, 0.6) is 0 Å². The van der Waals surface area contributed by atoms with E-state index in [0.29, 0.717) is 24.6 Å². The maximum atomic E-state index is 10.4. The van der Waals surface area contributed by atoms with Crippen molar-refractivity contribution in [3.8, 4) is 0 Å². The number of carbonyl (C=O) groups excluding carboxylic acids is 1. The second-order valence-corrected chi connectivity index (χ2v) is 5.73. The lowest BCUT2D eigenvalue weighted by molar-refractivity contribution is 0.134. The van der Waals surface area contributed by atoms with Crippen LogP contribution in [0, 0.1) is 11.3 Å². The zero-order chi connectivity index (χ0) is 12.2. The molecule has 1 amide bonds. The molecule has 2 atom stereocenters. The molecule has 0 saturated heterocycles. The van der Waals surface area contributed by atoms with Gasteiger partial charge in [0.1, 0.15) is 6.61 Å². The molecule has 0 heterocycles. The third-order valence-corrected chi connectivity index (χ3v) is 3.17. The van der Waals surface area contributed by atoms with Crippen LogP contribution in [0.4, 0.5) is 4.79 Å². The number of ether oxygens (including phenoxy) is 1. The SMILES string of the molecule is CC1CC(NCCOC(N)=O)CC(C)(C)C1. The molecular formula is C12H24N2O2. The molecule has 4 heteroatoms. The summed E-state index contributed by atoms with van der Waals surface area (Å²) in [5, 5.41) is 3.43. The molecule has 16 heavy (non-hydrogen) atoms. The van der Waals surface area contributed by atoms with Crippen molar-refractivity contribution in [3.05, 3.63) is 0 Å². The molecule has 1 rings (SSSR count). The molecule has 2 unspecified atom stereocenters. The van der Waals surface area contributed by atoms with Crippen LogP contribution < -0.4 is 11.1 Å². The average molecular weight is 228 g/mol. The molecule has 1 aliphatic rings. The molecule has 0 bridgehead atoms. The van der Waals surface area contributed by atoms with Gasteiger partial charge in [-0.25, -0.2) is 4.79 Å².